The summed E-state index contributed by atoms with van der Waals surface area (Å²) in [4.78, 5) is 28.5. The number of carbonyl (C=O) groups is 1. The van der Waals surface area contributed by atoms with Crippen LogP contribution in [0.5, 0.6) is 0 Å². The van der Waals surface area contributed by atoms with Gasteiger partial charge in [0.05, 0.1) is 0 Å². The Morgan fingerprint density at radius 2 is 1.94 bits per heavy atom. The van der Waals surface area contributed by atoms with Gasteiger partial charge in [-0.05, 0) is 56.2 Å². The van der Waals surface area contributed by atoms with E-state index in [1.54, 1.807) is 6.33 Å². The summed E-state index contributed by atoms with van der Waals surface area (Å²) in [5.74, 6) is 2.73. The summed E-state index contributed by atoms with van der Waals surface area (Å²) in [5.41, 5.74) is 2.55. The van der Waals surface area contributed by atoms with Gasteiger partial charge in [0.2, 0.25) is 5.91 Å². The van der Waals surface area contributed by atoms with E-state index in [2.05, 4.69) is 74.2 Å². The second-order valence-corrected chi connectivity index (χ2v) is 9.39. The van der Waals surface area contributed by atoms with Crippen molar-refractivity contribution in [2.24, 2.45) is 5.92 Å². The molecule has 178 valence electrons. The Kier molecular flexibility index (Phi) is 8.02. The van der Waals surface area contributed by atoms with Crippen molar-refractivity contribution in [1.29, 1.82) is 0 Å². The van der Waals surface area contributed by atoms with E-state index in [9.17, 15) is 4.79 Å². The third-order valence-corrected chi connectivity index (χ3v) is 6.82. The molecule has 7 heteroatoms. The number of anilines is 3. The molecule has 1 atom stereocenters. The van der Waals surface area contributed by atoms with Crippen LogP contribution < -0.4 is 15.1 Å². The molecule has 1 aromatic carbocycles. The number of piperazine rings is 1. The summed E-state index contributed by atoms with van der Waals surface area (Å²) in [5, 5.41) is 3.35. The smallest absolute Gasteiger partial charge is 0.222 e. The van der Waals surface area contributed by atoms with Gasteiger partial charge in [0.1, 0.15) is 18.0 Å². The van der Waals surface area contributed by atoms with Crippen LogP contribution in [-0.4, -0.2) is 66.6 Å². The first kappa shape index (κ1) is 23.3. The highest BCUT2D eigenvalue weighted by molar-refractivity contribution is 5.76. The summed E-state index contributed by atoms with van der Waals surface area (Å²) in [6, 6.07) is 10.7. The van der Waals surface area contributed by atoms with E-state index in [4.69, 9.17) is 0 Å². The molecule has 2 aromatic rings. The molecule has 0 radical (unpaired) electrons. The van der Waals surface area contributed by atoms with E-state index in [1.165, 1.54) is 17.7 Å². The van der Waals surface area contributed by atoms with Crippen molar-refractivity contribution in [3.05, 3.63) is 42.2 Å². The van der Waals surface area contributed by atoms with Crippen molar-refractivity contribution in [2.75, 3.05) is 60.9 Å². The van der Waals surface area contributed by atoms with Crippen molar-refractivity contribution in [3.63, 3.8) is 0 Å². The predicted octanol–water partition coefficient (Wildman–Crippen LogP) is 3.95. The Morgan fingerprint density at radius 1 is 1.09 bits per heavy atom. The van der Waals surface area contributed by atoms with Crippen LogP contribution in [0.4, 0.5) is 17.3 Å². The van der Waals surface area contributed by atoms with Gasteiger partial charge < -0.3 is 20.0 Å². The topological polar surface area (TPSA) is 64.6 Å². The maximum Gasteiger partial charge on any atom is 0.222 e. The first-order chi connectivity index (χ1) is 16.1. The highest BCUT2D eigenvalue weighted by atomic mass is 16.2. The van der Waals surface area contributed by atoms with E-state index in [-0.39, 0.29) is 0 Å². The van der Waals surface area contributed by atoms with Gasteiger partial charge in [-0.25, -0.2) is 9.97 Å². The molecule has 1 unspecified atom stereocenters. The number of carbonyl (C=O) groups excluding carboxylic acids is 1. The van der Waals surface area contributed by atoms with Crippen LogP contribution in [0.1, 0.15) is 44.6 Å². The number of nitrogens with zero attached hydrogens (tertiary/aromatic N) is 5. The molecule has 2 fully saturated rings. The maximum absolute atomic E-state index is 12.9. The first-order valence-electron chi connectivity index (χ1n) is 12.5. The van der Waals surface area contributed by atoms with Crippen molar-refractivity contribution >= 4 is 23.2 Å². The van der Waals surface area contributed by atoms with Gasteiger partial charge in [-0.2, -0.15) is 0 Å². The molecular weight excluding hydrogens is 412 g/mol. The van der Waals surface area contributed by atoms with Gasteiger partial charge in [0, 0.05) is 64.0 Å². The van der Waals surface area contributed by atoms with E-state index in [0.29, 0.717) is 18.2 Å². The minimum atomic E-state index is 0.309. The molecule has 3 heterocycles. The highest BCUT2D eigenvalue weighted by Crippen LogP contribution is 2.26. The lowest BCUT2D eigenvalue weighted by Gasteiger charge is -2.37. The molecule has 1 amide bonds. The van der Waals surface area contributed by atoms with Gasteiger partial charge in [0.15, 0.2) is 0 Å². The zero-order valence-electron chi connectivity index (χ0n) is 20.2. The molecule has 0 spiro atoms. The van der Waals surface area contributed by atoms with Crippen LogP contribution in [0.3, 0.4) is 0 Å². The summed E-state index contributed by atoms with van der Waals surface area (Å²) in [6.07, 6.45) is 6.67. The average molecular weight is 451 g/mol. The molecule has 0 saturated carbocycles. The van der Waals surface area contributed by atoms with E-state index in [1.807, 2.05) is 0 Å². The average Bonchev–Trinajstić information content (AvgIpc) is 2.86. The zero-order valence-corrected chi connectivity index (χ0v) is 20.2. The van der Waals surface area contributed by atoms with Crippen molar-refractivity contribution in [2.45, 2.75) is 46.0 Å². The second-order valence-electron chi connectivity index (χ2n) is 9.39. The number of benzene rings is 1. The van der Waals surface area contributed by atoms with E-state index in [0.717, 1.165) is 76.7 Å². The number of hydrogen-bond acceptors (Lipinski definition) is 6. The molecule has 1 aromatic heterocycles. The fourth-order valence-corrected chi connectivity index (χ4v) is 4.90. The monoisotopic (exact) mass is 450 g/mol. The zero-order chi connectivity index (χ0) is 23.0. The summed E-state index contributed by atoms with van der Waals surface area (Å²) >= 11 is 0. The van der Waals surface area contributed by atoms with E-state index >= 15 is 0 Å². The third kappa shape index (κ3) is 6.36. The van der Waals surface area contributed by atoms with E-state index < -0.39 is 0 Å². The van der Waals surface area contributed by atoms with Crippen LogP contribution in [0.25, 0.3) is 0 Å². The van der Waals surface area contributed by atoms with Crippen LogP contribution in [0.2, 0.25) is 0 Å². The number of amides is 1. The van der Waals surface area contributed by atoms with Gasteiger partial charge in [-0.15, -0.1) is 0 Å². The van der Waals surface area contributed by atoms with Crippen LogP contribution >= 0.6 is 0 Å². The Balaban J connectivity index is 1.23. The lowest BCUT2D eigenvalue weighted by molar-refractivity contribution is -0.131. The minimum absolute atomic E-state index is 0.309. The Morgan fingerprint density at radius 3 is 2.73 bits per heavy atom. The van der Waals surface area contributed by atoms with Gasteiger partial charge in [0.25, 0.3) is 0 Å². The molecule has 33 heavy (non-hydrogen) atoms. The maximum atomic E-state index is 12.9. The minimum Gasteiger partial charge on any atom is -0.370 e. The lowest BCUT2D eigenvalue weighted by Crippen LogP contribution is -2.49. The Hall–Kier alpha value is -2.83. The van der Waals surface area contributed by atoms with Gasteiger partial charge >= 0.3 is 0 Å². The molecule has 1 N–H and O–H groups in total. The Labute approximate surface area is 198 Å². The molecule has 2 saturated heterocycles. The second kappa shape index (κ2) is 11.3. The largest absolute Gasteiger partial charge is 0.370 e. The number of nitrogens with one attached hydrogen (secondary N) is 1. The number of aryl methyl sites for hydroxylation is 1. The van der Waals surface area contributed by atoms with Crippen molar-refractivity contribution in [1.82, 2.24) is 14.9 Å². The molecule has 7 nitrogen and oxygen atoms in total. The first-order valence-corrected chi connectivity index (χ1v) is 12.5. The number of hydrogen-bond donors (Lipinski definition) is 1. The van der Waals surface area contributed by atoms with Crippen LogP contribution in [-0.2, 0) is 4.79 Å². The quantitative estimate of drug-likeness (QED) is 0.657. The fraction of sp³-hybridized carbons (Fsp3) is 0.577. The SMILES string of the molecule is CCCNc1cc(N2CCCC(CCC(=O)N3CCN(c4cccc(C)c4)CC3)C2)ncn1. The summed E-state index contributed by atoms with van der Waals surface area (Å²) in [7, 11) is 0. The van der Waals surface area contributed by atoms with Gasteiger partial charge in [-0.1, -0.05) is 19.1 Å². The normalized spacial score (nSPS) is 19.0. The lowest BCUT2D eigenvalue weighted by atomic mass is 9.93. The molecule has 0 bridgehead atoms. The van der Waals surface area contributed by atoms with Crippen molar-refractivity contribution < 1.29 is 4.79 Å². The summed E-state index contributed by atoms with van der Waals surface area (Å²) < 4.78 is 0. The predicted molar refractivity (Wildman–Crippen MR) is 135 cm³/mol. The Bertz CT molecular complexity index is 911. The van der Waals surface area contributed by atoms with Crippen molar-refractivity contribution in [3.8, 4) is 0 Å². The third-order valence-electron chi connectivity index (χ3n) is 6.82. The molecule has 2 aliphatic rings. The molecule has 2 aliphatic heterocycles. The summed E-state index contributed by atoms with van der Waals surface area (Å²) in [6.45, 7) is 10.6. The van der Waals surface area contributed by atoms with Crippen LogP contribution in [0.15, 0.2) is 36.7 Å². The number of rotatable bonds is 8. The highest BCUT2D eigenvalue weighted by Gasteiger charge is 2.25. The standard InChI is InChI=1S/C26H38N6O/c1-3-11-27-24-18-25(29-20-28-24)32-12-5-7-22(19-32)9-10-26(33)31-15-13-30(14-16-31)23-8-4-6-21(2)17-23/h4,6,8,17-18,20,22H,3,5,7,9-16,19H2,1-2H3,(H,27,28,29). The molecular formula is C26H38N6O. The fourth-order valence-electron chi connectivity index (χ4n) is 4.90. The molecule has 0 aliphatic carbocycles. The van der Waals surface area contributed by atoms with Crippen LogP contribution in [0, 0.1) is 12.8 Å². The van der Waals surface area contributed by atoms with Gasteiger partial charge in [-0.3, -0.25) is 4.79 Å². The number of piperidine rings is 1. The molecule has 4 rings (SSSR count). The number of aromatic nitrogens is 2.